The number of hydrogen-bond donors (Lipinski definition) is 1. The Hall–Kier alpha value is -3.23. The summed E-state index contributed by atoms with van der Waals surface area (Å²) in [6, 6.07) is 15.5. The van der Waals surface area contributed by atoms with Gasteiger partial charge in [-0.05, 0) is 52.8 Å². The number of aromatic nitrogens is 3. The molecule has 168 valence electrons. The highest BCUT2D eigenvalue weighted by molar-refractivity contribution is 9.10. The topological polar surface area (TPSA) is 74.3 Å². The molecule has 0 unspecified atom stereocenters. The number of halogens is 1. The molecule has 0 spiro atoms. The zero-order chi connectivity index (χ0) is 22.9. The van der Waals surface area contributed by atoms with Gasteiger partial charge in [-0.25, -0.2) is 9.97 Å². The van der Waals surface area contributed by atoms with E-state index in [1.54, 1.807) is 13.3 Å². The van der Waals surface area contributed by atoms with E-state index in [4.69, 9.17) is 9.72 Å². The Kier molecular flexibility index (Phi) is 5.86. The summed E-state index contributed by atoms with van der Waals surface area (Å²) in [6.45, 7) is 3.33. The second-order valence-electron chi connectivity index (χ2n) is 8.17. The van der Waals surface area contributed by atoms with E-state index < -0.39 is 0 Å². The van der Waals surface area contributed by atoms with Crippen molar-refractivity contribution in [3.63, 3.8) is 0 Å². The molecule has 1 fully saturated rings. The van der Waals surface area contributed by atoms with E-state index in [-0.39, 0.29) is 5.91 Å². The van der Waals surface area contributed by atoms with Crippen LogP contribution < -0.4 is 4.74 Å². The number of benzene rings is 2. The lowest BCUT2D eigenvalue weighted by molar-refractivity contribution is 0.0664. The van der Waals surface area contributed by atoms with E-state index in [2.05, 4.69) is 37.8 Å². The van der Waals surface area contributed by atoms with Gasteiger partial charge in [0.2, 0.25) is 0 Å². The number of fused-ring (bicyclic) bond motifs is 1. The minimum atomic E-state index is 0.0756. The number of carbonyl (C=O) groups is 1. The van der Waals surface area contributed by atoms with Crippen molar-refractivity contribution in [1.29, 1.82) is 0 Å². The van der Waals surface area contributed by atoms with Gasteiger partial charge in [0.05, 0.1) is 7.11 Å². The largest absolute Gasteiger partial charge is 0.497 e. The van der Waals surface area contributed by atoms with Crippen LogP contribution in [0.25, 0.3) is 33.7 Å². The number of rotatable bonds is 4. The molecule has 7 nitrogen and oxygen atoms in total. The van der Waals surface area contributed by atoms with Crippen LogP contribution in [0.15, 0.2) is 59.2 Å². The summed E-state index contributed by atoms with van der Waals surface area (Å²) in [5.74, 6) is 1.59. The summed E-state index contributed by atoms with van der Waals surface area (Å²) < 4.78 is 6.15. The van der Waals surface area contributed by atoms with Crippen LogP contribution in [0.5, 0.6) is 5.75 Å². The van der Waals surface area contributed by atoms with Crippen molar-refractivity contribution in [1.82, 2.24) is 24.8 Å². The predicted octanol–water partition coefficient (Wildman–Crippen LogP) is 4.45. The maximum Gasteiger partial charge on any atom is 0.253 e. The third-order valence-electron chi connectivity index (χ3n) is 6.04. The van der Waals surface area contributed by atoms with Gasteiger partial charge in [0, 0.05) is 53.5 Å². The van der Waals surface area contributed by atoms with Crippen LogP contribution in [0.2, 0.25) is 0 Å². The molecule has 0 saturated carbocycles. The molecule has 3 heterocycles. The average molecular weight is 506 g/mol. The summed E-state index contributed by atoms with van der Waals surface area (Å²) >= 11 is 3.63. The normalized spacial score (nSPS) is 14.6. The van der Waals surface area contributed by atoms with Gasteiger partial charge >= 0.3 is 0 Å². The summed E-state index contributed by atoms with van der Waals surface area (Å²) in [5, 5.41) is 0. The summed E-state index contributed by atoms with van der Waals surface area (Å²) in [6.07, 6.45) is 1.78. The predicted molar refractivity (Wildman–Crippen MR) is 132 cm³/mol. The van der Waals surface area contributed by atoms with Crippen LogP contribution in [-0.4, -0.2) is 71.0 Å². The highest BCUT2D eigenvalue weighted by Gasteiger charge is 2.21. The van der Waals surface area contributed by atoms with Crippen LogP contribution in [0.4, 0.5) is 0 Å². The zero-order valence-electron chi connectivity index (χ0n) is 18.5. The van der Waals surface area contributed by atoms with Gasteiger partial charge in [0.25, 0.3) is 5.91 Å². The molecule has 0 atom stereocenters. The van der Waals surface area contributed by atoms with Gasteiger partial charge in [0.15, 0.2) is 5.65 Å². The number of carbonyl (C=O) groups excluding carboxylic acids is 1. The van der Waals surface area contributed by atoms with Crippen molar-refractivity contribution in [2.75, 3.05) is 40.3 Å². The Morgan fingerprint density at radius 2 is 1.67 bits per heavy atom. The van der Waals surface area contributed by atoms with Crippen LogP contribution >= 0.6 is 15.9 Å². The fourth-order valence-corrected chi connectivity index (χ4v) is 4.58. The molecule has 2 aromatic heterocycles. The number of nitrogens with one attached hydrogen (secondary N) is 1. The highest BCUT2D eigenvalue weighted by atomic mass is 79.9. The van der Waals surface area contributed by atoms with Gasteiger partial charge in [-0.15, -0.1) is 0 Å². The SMILES string of the molecule is COc1ccc(-c2c(Br)cnc3[nH]c(-c4ccc(C(=O)N5CCN(C)CC5)cc4)nc23)cc1. The molecule has 4 aromatic rings. The minimum Gasteiger partial charge on any atom is -0.497 e. The first-order chi connectivity index (χ1) is 16.0. The molecular weight excluding hydrogens is 482 g/mol. The lowest BCUT2D eigenvalue weighted by atomic mass is 10.1. The Morgan fingerprint density at radius 1 is 1.00 bits per heavy atom. The fraction of sp³-hybridized carbons (Fsp3) is 0.240. The first-order valence-electron chi connectivity index (χ1n) is 10.8. The van der Waals surface area contributed by atoms with Crippen molar-refractivity contribution < 1.29 is 9.53 Å². The molecule has 1 amide bonds. The maximum absolute atomic E-state index is 12.8. The molecule has 1 saturated heterocycles. The average Bonchev–Trinajstić information content (AvgIpc) is 3.28. The molecule has 5 rings (SSSR count). The van der Waals surface area contributed by atoms with E-state index in [1.165, 1.54) is 0 Å². The number of methoxy groups -OCH3 is 1. The lowest BCUT2D eigenvalue weighted by Gasteiger charge is -2.32. The number of H-pyrrole nitrogens is 1. The second kappa shape index (κ2) is 8.96. The van der Waals surface area contributed by atoms with Crippen molar-refractivity contribution in [2.24, 2.45) is 0 Å². The van der Waals surface area contributed by atoms with E-state index in [9.17, 15) is 4.79 Å². The highest BCUT2D eigenvalue weighted by Crippen LogP contribution is 2.35. The van der Waals surface area contributed by atoms with Crippen LogP contribution in [-0.2, 0) is 0 Å². The molecule has 1 aliphatic heterocycles. The first-order valence-corrected chi connectivity index (χ1v) is 11.6. The van der Waals surface area contributed by atoms with E-state index >= 15 is 0 Å². The number of amides is 1. The number of hydrogen-bond acceptors (Lipinski definition) is 5. The summed E-state index contributed by atoms with van der Waals surface area (Å²) in [5.41, 5.74) is 5.06. The molecule has 8 heteroatoms. The van der Waals surface area contributed by atoms with E-state index in [0.29, 0.717) is 17.0 Å². The van der Waals surface area contributed by atoms with Crippen molar-refractivity contribution in [3.05, 3.63) is 64.8 Å². The lowest BCUT2D eigenvalue weighted by Crippen LogP contribution is -2.47. The number of aromatic amines is 1. The molecule has 0 bridgehead atoms. The number of nitrogens with zero attached hydrogens (tertiary/aromatic N) is 4. The monoisotopic (exact) mass is 505 g/mol. The van der Waals surface area contributed by atoms with Crippen molar-refractivity contribution >= 4 is 33.0 Å². The molecule has 1 aliphatic rings. The van der Waals surface area contributed by atoms with E-state index in [0.717, 1.165) is 58.6 Å². The van der Waals surface area contributed by atoms with Gasteiger partial charge in [-0.1, -0.05) is 24.3 Å². The minimum absolute atomic E-state index is 0.0756. The third kappa shape index (κ3) is 4.24. The number of pyridine rings is 1. The standard InChI is InChI=1S/C25H24BrN5O2/c1-30-11-13-31(14-12-30)25(32)18-5-3-17(4-6-18)23-28-22-21(20(26)15-27-24(22)29-23)16-7-9-19(33-2)10-8-16/h3-10,15H,11-14H2,1-2H3,(H,27,28,29). The Morgan fingerprint density at radius 3 is 2.33 bits per heavy atom. The first kappa shape index (κ1) is 21.6. The van der Waals surface area contributed by atoms with E-state index in [1.807, 2.05) is 53.4 Å². The zero-order valence-corrected chi connectivity index (χ0v) is 20.1. The van der Waals surface area contributed by atoms with Gasteiger partial charge < -0.3 is 19.5 Å². The molecular formula is C25H24BrN5O2. The molecule has 0 radical (unpaired) electrons. The van der Waals surface area contributed by atoms with Gasteiger partial charge in [-0.3, -0.25) is 4.79 Å². The smallest absolute Gasteiger partial charge is 0.253 e. The van der Waals surface area contributed by atoms with Crippen LogP contribution in [0.1, 0.15) is 10.4 Å². The summed E-state index contributed by atoms with van der Waals surface area (Å²) in [7, 11) is 3.73. The van der Waals surface area contributed by atoms with Gasteiger partial charge in [-0.2, -0.15) is 0 Å². The molecule has 2 aromatic carbocycles. The van der Waals surface area contributed by atoms with Crippen molar-refractivity contribution in [3.8, 4) is 28.3 Å². The third-order valence-corrected chi connectivity index (χ3v) is 6.64. The number of imidazole rings is 1. The molecule has 0 aliphatic carbocycles. The molecule has 33 heavy (non-hydrogen) atoms. The molecule has 1 N–H and O–H groups in total. The number of piperazine rings is 1. The van der Waals surface area contributed by atoms with Crippen molar-refractivity contribution in [2.45, 2.75) is 0 Å². The maximum atomic E-state index is 12.8. The second-order valence-corrected chi connectivity index (χ2v) is 9.02. The Bertz CT molecular complexity index is 1290. The summed E-state index contributed by atoms with van der Waals surface area (Å²) in [4.78, 5) is 29.7. The fourth-order valence-electron chi connectivity index (χ4n) is 4.06. The Balaban J connectivity index is 1.45. The van der Waals surface area contributed by atoms with Crippen LogP contribution in [0, 0.1) is 0 Å². The van der Waals surface area contributed by atoms with Crippen LogP contribution in [0.3, 0.4) is 0 Å². The number of likely N-dealkylation sites (N-methyl/N-ethyl adjacent to an activating group) is 1. The quantitative estimate of drug-likeness (QED) is 0.443. The Labute approximate surface area is 200 Å². The number of ether oxygens (including phenoxy) is 1. The van der Waals surface area contributed by atoms with Gasteiger partial charge in [0.1, 0.15) is 17.1 Å².